The van der Waals surface area contributed by atoms with Crippen LogP contribution in [-0.2, 0) is 10.8 Å². The molecule has 0 N–H and O–H groups in total. The molecular formula is C93H70N4O. The highest BCUT2D eigenvalue weighted by atomic mass is 16.3. The summed E-state index contributed by atoms with van der Waals surface area (Å²) < 4.78 is 180. The van der Waals surface area contributed by atoms with Crippen molar-refractivity contribution >= 4 is 99.7 Å². The fraction of sp³-hybridized carbons (Fsp3) is 0.0968. The van der Waals surface area contributed by atoms with Gasteiger partial charge in [0.2, 0.25) is 0 Å². The second-order valence-electron chi connectivity index (χ2n) is 27.5. The topological polar surface area (TPSA) is 29.5 Å². The standard InChI is InChI=1S/C93H70N4O/c1-92(2,3)66-43-47-80-76(54-66)77-55-67(93(4,5)6)44-48-81(77)96(80)82-39-23-35-72-73-36-24-40-83(91(73)98-90(72)82)97-85-53-63(59-27-13-8-14-28-59)42-46-75(85)88-74-45-41-62(58-25-11-7-12-26-58)52-84(74)95(68-50-64(60-29-15-9-16-30-60)49-65(51-68)61-31-17-10-18-32-61)86-56-69(57-87(97)89(86)88)94-78-37-21-19-33-70(78)71-34-20-22-38-79(71)94/h7-57,88H,1-6H3/i7D,8D,11D,12D,13D,14D,19D,20D,21D,22D,25D,26D,27D,28D,33D,34D,37D,38D. The lowest BCUT2D eigenvalue weighted by Crippen LogP contribution is -2.29. The summed E-state index contributed by atoms with van der Waals surface area (Å²) in [6, 6.07) is 55.5. The van der Waals surface area contributed by atoms with Crippen LogP contribution in [0.15, 0.2) is 313 Å². The molecule has 5 heteroatoms. The molecule has 14 aromatic carbocycles. The molecule has 1 unspecified atom stereocenters. The molecule has 2 aliphatic rings. The summed E-state index contributed by atoms with van der Waals surface area (Å²) in [4.78, 5) is 4.03. The molecule has 2 aliphatic heterocycles. The maximum Gasteiger partial charge on any atom is 0.159 e. The van der Waals surface area contributed by atoms with Crippen molar-refractivity contribution in [3.63, 3.8) is 0 Å². The van der Waals surface area contributed by atoms with Crippen molar-refractivity contribution in [1.82, 2.24) is 9.13 Å². The zero-order valence-electron chi connectivity index (χ0n) is 72.3. The van der Waals surface area contributed by atoms with E-state index in [1.807, 2.05) is 143 Å². The monoisotopic (exact) mass is 1280 g/mol. The van der Waals surface area contributed by atoms with Gasteiger partial charge in [0.15, 0.2) is 11.2 Å². The van der Waals surface area contributed by atoms with E-state index in [2.05, 4.69) is 88.6 Å². The number of para-hydroxylation sites is 4. The lowest BCUT2D eigenvalue weighted by atomic mass is 9.74. The number of fused-ring (bicyclic) bond motifs is 13. The van der Waals surface area contributed by atoms with Crippen molar-refractivity contribution in [2.24, 2.45) is 0 Å². The second-order valence-corrected chi connectivity index (χ2v) is 27.5. The summed E-state index contributed by atoms with van der Waals surface area (Å²) >= 11 is 0. The average molecular weight is 1280 g/mol. The van der Waals surface area contributed by atoms with E-state index in [0.29, 0.717) is 67.4 Å². The molecule has 0 fully saturated rings. The number of hydrogen-bond acceptors (Lipinski definition) is 3. The normalized spacial score (nSPS) is 16.2. The minimum atomic E-state index is -0.886. The Labute approximate surface area is 596 Å². The van der Waals surface area contributed by atoms with Crippen molar-refractivity contribution in [3.8, 4) is 55.9 Å². The van der Waals surface area contributed by atoms with Gasteiger partial charge in [-0.25, -0.2) is 0 Å². The number of benzene rings is 14. The van der Waals surface area contributed by atoms with E-state index in [1.54, 1.807) is 24.3 Å². The van der Waals surface area contributed by atoms with Gasteiger partial charge in [-0.15, -0.1) is 0 Å². The third kappa shape index (κ3) is 8.99. The van der Waals surface area contributed by atoms with E-state index in [1.165, 1.54) is 4.57 Å². The van der Waals surface area contributed by atoms with Crippen molar-refractivity contribution in [2.45, 2.75) is 58.3 Å². The number of furan rings is 1. The SMILES string of the molecule is [2H]c1c([2H])c([2H])c(-c2ccc3c(c2)N(c2cc(-c4ccccc4)cc(-c4ccccc4)c2)c2cc(-n4c5c([2H])c([2H])c([2H])c([2H])c5c5c([2H])c([2H])c([2H])c([2H])c54)cc4c2C3c2ccc(-c3c([2H])c([2H])c([2H])c([2H])c3[2H])cc2N4c2cccc3c2oc2c(-n4c5ccc(C(C)(C)C)cc5c5cc(C(C)(C)C)ccc54)cccc23)c([2H])c1[2H]. The number of nitrogens with zero attached hydrogens (tertiary/aromatic N) is 4. The highest BCUT2D eigenvalue weighted by molar-refractivity contribution is 6.16. The van der Waals surface area contributed by atoms with Crippen LogP contribution in [0.3, 0.4) is 0 Å². The summed E-state index contributed by atoms with van der Waals surface area (Å²) in [5, 5.41) is 3.22. The number of rotatable bonds is 8. The smallest absolute Gasteiger partial charge is 0.159 e. The van der Waals surface area contributed by atoms with E-state index < -0.39 is 115 Å². The number of hydrogen-bond donors (Lipinski definition) is 0. The molecule has 0 amide bonds. The molecule has 3 aromatic heterocycles. The lowest BCUT2D eigenvalue weighted by molar-refractivity contribution is 0.590. The second kappa shape index (κ2) is 21.8. The molecule has 1 atom stereocenters. The third-order valence-electron chi connectivity index (χ3n) is 19.8. The van der Waals surface area contributed by atoms with Crippen LogP contribution in [0.25, 0.3) is 121 Å². The first-order valence-electron chi connectivity index (χ1n) is 41.9. The quantitative estimate of drug-likeness (QED) is 0.152. The fourth-order valence-corrected chi connectivity index (χ4v) is 15.1. The van der Waals surface area contributed by atoms with E-state index in [4.69, 9.17) is 12.6 Å². The molecule has 17 aromatic rings. The van der Waals surface area contributed by atoms with Gasteiger partial charge in [-0.05, 0) is 169 Å². The first-order chi connectivity index (χ1) is 55.3. The van der Waals surface area contributed by atoms with E-state index in [9.17, 15) is 16.4 Å². The van der Waals surface area contributed by atoms with Crippen LogP contribution in [0, 0.1) is 0 Å². The van der Waals surface area contributed by atoms with Gasteiger partial charge >= 0.3 is 0 Å². The summed E-state index contributed by atoms with van der Waals surface area (Å²) in [7, 11) is 0. The van der Waals surface area contributed by atoms with E-state index in [0.717, 1.165) is 66.3 Å². The summed E-state index contributed by atoms with van der Waals surface area (Å²) in [5.74, 6) is -0.886. The third-order valence-corrected chi connectivity index (χ3v) is 19.8. The molecule has 0 saturated carbocycles. The van der Waals surface area contributed by atoms with Crippen LogP contribution in [0.2, 0.25) is 0 Å². The molecule has 5 heterocycles. The molecular weight excluding hydrogens is 1190 g/mol. The van der Waals surface area contributed by atoms with Crippen molar-refractivity contribution < 1.29 is 29.1 Å². The minimum Gasteiger partial charge on any atom is -0.452 e. The van der Waals surface area contributed by atoms with Crippen LogP contribution in [0.4, 0.5) is 34.1 Å². The molecule has 468 valence electrons. The first kappa shape index (κ1) is 41.8. The molecule has 98 heavy (non-hydrogen) atoms. The summed E-state index contributed by atoms with van der Waals surface area (Å²) in [6.07, 6.45) is 0. The zero-order valence-corrected chi connectivity index (χ0v) is 54.3. The minimum absolute atomic E-state index is 0.0846. The Balaban J connectivity index is 0.998. The molecule has 0 bridgehead atoms. The maximum absolute atomic E-state index is 10.0. The van der Waals surface area contributed by atoms with Gasteiger partial charge in [0.05, 0.1) is 86.6 Å². The van der Waals surface area contributed by atoms with Gasteiger partial charge in [-0.1, -0.05) is 260 Å². The predicted octanol–water partition coefficient (Wildman–Crippen LogP) is 25.8. The van der Waals surface area contributed by atoms with E-state index in [-0.39, 0.29) is 60.6 Å². The van der Waals surface area contributed by atoms with Gasteiger partial charge in [0.1, 0.15) is 0 Å². The molecule has 19 rings (SSSR count). The van der Waals surface area contributed by atoms with Crippen molar-refractivity contribution in [1.29, 1.82) is 0 Å². The van der Waals surface area contributed by atoms with Crippen LogP contribution < -0.4 is 9.80 Å². The van der Waals surface area contributed by atoms with Gasteiger partial charge in [-0.3, -0.25) is 0 Å². The Bertz CT molecular complexity index is 6970. The highest BCUT2D eigenvalue weighted by Crippen LogP contribution is 2.63. The van der Waals surface area contributed by atoms with Crippen molar-refractivity contribution in [3.05, 3.63) is 337 Å². The van der Waals surface area contributed by atoms with Crippen LogP contribution in [0.1, 0.15) is 100.0 Å². The Morgan fingerprint density at radius 3 is 1.29 bits per heavy atom. The van der Waals surface area contributed by atoms with E-state index >= 15 is 0 Å². The Morgan fingerprint density at radius 2 is 0.765 bits per heavy atom. The Hall–Kier alpha value is -11.9. The van der Waals surface area contributed by atoms with Gasteiger partial charge in [-0.2, -0.15) is 0 Å². The lowest BCUT2D eigenvalue weighted by Gasteiger charge is -2.45. The maximum atomic E-state index is 10.0. The zero-order chi connectivity index (χ0) is 81.4. The Kier molecular flexibility index (Phi) is 9.30. The van der Waals surface area contributed by atoms with Crippen LogP contribution in [-0.4, -0.2) is 9.13 Å². The van der Waals surface area contributed by atoms with Gasteiger partial charge < -0.3 is 23.4 Å². The largest absolute Gasteiger partial charge is 0.452 e. The number of aromatic nitrogens is 2. The predicted molar refractivity (Wildman–Crippen MR) is 412 cm³/mol. The molecule has 0 saturated heterocycles. The fourth-order valence-electron chi connectivity index (χ4n) is 15.1. The van der Waals surface area contributed by atoms with Crippen LogP contribution in [0.5, 0.6) is 0 Å². The molecule has 5 nitrogen and oxygen atoms in total. The summed E-state index contributed by atoms with van der Waals surface area (Å²) in [6.45, 7) is 13.2. The Morgan fingerprint density at radius 1 is 0.296 bits per heavy atom. The highest BCUT2D eigenvalue weighted by Gasteiger charge is 2.43. The van der Waals surface area contributed by atoms with Crippen LogP contribution >= 0.6 is 0 Å². The molecule has 0 spiro atoms. The van der Waals surface area contributed by atoms with Gasteiger partial charge in [0.25, 0.3) is 0 Å². The van der Waals surface area contributed by atoms with Crippen molar-refractivity contribution in [2.75, 3.05) is 9.80 Å². The van der Waals surface area contributed by atoms with Gasteiger partial charge in [0, 0.05) is 49.5 Å². The average Bonchev–Trinajstić information content (AvgIpc) is 1.04. The first-order valence-corrected chi connectivity index (χ1v) is 32.9. The number of anilines is 6. The molecule has 0 radical (unpaired) electrons. The molecule has 0 aliphatic carbocycles. The summed E-state index contributed by atoms with van der Waals surface area (Å²) in [5.41, 5.74) is 13.3.